The Morgan fingerprint density at radius 3 is 1.74 bits per heavy atom. The Morgan fingerprint density at radius 1 is 0.741 bits per heavy atom. The lowest BCUT2D eigenvalue weighted by Gasteiger charge is -2.39. The number of hydrogen-bond donors (Lipinski definition) is 0. The molecule has 5 nitrogen and oxygen atoms in total. The third kappa shape index (κ3) is 12.4. The molecule has 160 valence electrons. The van der Waals surface area contributed by atoms with Crippen LogP contribution in [0.25, 0.3) is 0 Å². The van der Waals surface area contributed by atoms with Crippen LogP contribution in [-0.2, 0) is 19.0 Å². The molecule has 0 aliphatic rings. The van der Waals surface area contributed by atoms with Crippen LogP contribution in [0.4, 0.5) is 0 Å². The fourth-order valence-electron chi connectivity index (χ4n) is 3.15. The number of nitrogens with zero attached hydrogens (tertiary/aromatic N) is 1. The molecular weight excluding hydrogens is 342 g/mol. The van der Waals surface area contributed by atoms with Crippen molar-refractivity contribution in [3.63, 3.8) is 0 Å². The van der Waals surface area contributed by atoms with Crippen LogP contribution in [0.3, 0.4) is 0 Å². The average Bonchev–Trinajstić information content (AvgIpc) is 2.69. The summed E-state index contributed by atoms with van der Waals surface area (Å²) in [5.41, 5.74) is 0. The number of isocyanates is 1. The number of ether oxygens (including phenoxy) is 3. The highest BCUT2D eigenvalue weighted by Gasteiger charge is 2.42. The molecule has 0 saturated carbocycles. The Labute approximate surface area is 167 Å². The van der Waals surface area contributed by atoms with Crippen LogP contribution in [0.2, 0.25) is 0 Å². The molecule has 0 amide bonds. The van der Waals surface area contributed by atoms with E-state index >= 15 is 0 Å². The van der Waals surface area contributed by atoms with E-state index in [2.05, 4.69) is 32.7 Å². The van der Waals surface area contributed by atoms with Gasteiger partial charge in [-0.1, -0.05) is 66.2 Å². The molecule has 0 aromatic carbocycles. The second-order valence-corrected chi connectivity index (χ2v) is 7.16. The molecule has 1 unspecified atom stereocenters. The summed E-state index contributed by atoms with van der Waals surface area (Å²) < 4.78 is 18.6. The molecular formula is C22H43NO4. The van der Waals surface area contributed by atoms with Gasteiger partial charge in [0, 0.05) is 5.92 Å². The van der Waals surface area contributed by atoms with Gasteiger partial charge >= 0.3 is 0 Å². The van der Waals surface area contributed by atoms with E-state index in [0.717, 1.165) is 32.1 Å². The molecule has 27 heavy (non-hydrogen) atoms. The van der Waals surface area contributed by atoms with Crippen LogP contribution < -0.4 is 0 Å². The van der Waals surface area contributed by atoms with Crippen molar-refractivity contribution in [1.82, 2.24) is 0 Å². The molecule has 0 fully saturated rings. The first kappa shape index (κ1) is 26.3. The molecule has 0 heterocycles. The van der Waals surface area contributed by atoms with Crippen molar-refractivity contribution < 1.29 is 19.0 Å². The van der Waals surface area contributed by atoms with Gasteiger partial charge in [0.2, 0.25) is 6.08 Å². The topological polar surface area (TPSA) is 57.1 Å². The van der Waals surface area contributed by atoms with Crippen LogP contribution in [-0.4, -0.2) is 38.4 Å². The van der Waals surface area contributed by atoms with E-state index < -0.39 is 5.97 Å². The first-order valence-electron chi connectivity index (χ1n) is 11.2. The third-order valence-electron chi connectivity index (χ3n) is 4.58. The lowest BCUT2D eigenvalue weighted by atomic mass is 9.94. The monoisotopic (exact) mass is 385 g/mol. The second-order valence-electron chi connectivity index (χ2n) is 7.16. The Bertz CT molecular complexity index is 348. The minimum Gasteiger partial charge on any atom is -0.327 e. The summed E-state index contributed by atoms with van der Waals surface area (Å²) in [4.78, 5) is 14.3. The largest absolute Gasteiger partial charge is 0.327 e. The number of rotatable bonds is 20. The predicted octanol–water partition coefficient (Wildman–Crippen LogP) is 6.01. The van der Waals surface area contributed by atoms with E-state index in [-0.39, 0.29) is 5.92 Å². The Hall–Kier alpha value is -0.740. The van der Waals surface area contributed by atoms with Gasteiger partial charge in [0.05, 0.1) is 26.4 Å². The Balaban J connectivity index is 5.12. The van der Waals surface area contributed by atoms with E-state index in [1.165, 1.54) is 32.1 Å². The van der Waals surface area contributed by atoms with Crippen molar-refractivity contribution in [2.24, 2.45) is 10.9 Å². The Morgan fingerprint density at radius 2 is 1.26 bits per heavy atom. The number of carbonyl (C=O) groups excluding carboxylic acids is 1. The van der Waals surface area contributed by atoms with Gasteiger partial charge in [0.25, 0.3) is 5.97 Å². The van der Waals surface area contributed by atoms with E-state index in [1.54, 1.807) is 6.08 Å². The normalized spacial score (nSPS) is 12.7. The maximum Gasteiger partial charge on any atom is 0.285 e. The second kappa shape index (κ2) is 18.6. The van der Waals surface area contributed by atoms with Gasteiger partial charge in [-0.15, -0.1) is 0 Å². The average molecular weight is 386 g/mol. The summed E-state index contributed by atoms with van der Waals surface area (Å²) in [5.74, 6) is -0.963. The lowest BCUT2D eigenvalue weighted by Crippen LogP contribution is -2.47. The minimum atomic E-state index is -1.02. The molecule has 0 spiro atoms. The maximum atomic E-state index is 10.5. The van der Waals surface area contributed by atoms with Crippen LogP contribution in [0.5, 0.6) is 0 Å². The summed E-state index contributed by atoms with van der Waals surface area (Å²) in [6, 6.07) is 0. The smallest absolute Gasteiger partial charge is 0.285 e. The molecule has 0 saturated heterocycles. The van der Waals surface area contributed by atoms with Crippen molar-refractivity contribution in [1.29, 1.82) is 0 Å². The molecule has 0 radical (unpaired) electrons. The summed E-state index contributed by atoms with van der Waals surface area (Å²) in [6.07, 6.45) is 13.5. The van der Waals surface area contributed by atoms with Crippen molar-refractivity contribution in [3.05, 3.63) is 0 Å². The third-order valence-corrected chi connectivity index (χ3v) is 4.58. The summed E-state index contributed by atoms with van der Waals surface area (Å²) in [5, 5.41) is 0. The van der Waals surface area contributed by atoms with Crippen molar-refractivity contribution in [2.45, 2.75) is 104 Å². The molecule has 0 rings (SSSR count). The first-order valence-corrected chi connectivity index (χ1v) is 11.2. The molecule has 0 aliphatic heterocycles. The van der Waals surface area contributed by atoms with Crippen LogP contribution >= 0.6 is 0 Å². The molecule has 0 aromatic heterocycles. The molecule has 5 heteroatoms. The number of unbranched alkanes of at least 4 members (excludes halogenated alkanes) is 5. The van der Waals surface area contributed by atoms with Gasteiger partial charge in [-0.25, -0.2) is 9.79 Å². The SMILES string of the molecule is CCCCCCCCC(CCN=C=O)C(OCCC)(OCCC)OCCC. The fraction of sp³-hybridized carbons (Fsp3) is 0.955. The van der Waals surface area contributed by atoms with Crippen LogP contribution in [0.1, 0.15) is 98.3 Å². The lowest BCUT2D eigenvalue weighted by molar-refractivity contribution is -0.406. The Kier molecular flexibility index (Phi) is 18.1. The van der Waals surface area contributed by atoms with Crippen LogP contribution in [0.15, 0.2) is 4.99 Å². The molecule has 0 aliphatic carbocycles. The predicted molar refractivity (Wildman–Crippen MR) is 111 cm³/mol. The molecule has 0 N–H and O–H groups in total. The highest BCUT2D eigenvalue weighted by Crippen LogP contribution is 2.34. The van der Waals surface area contributed by atoms with Crippen molar-refractivity contribution >= 4 is 6.08 Å². The van der Waals surface area contributed by atoms with E-state index in [9.17, 15) is 4.79 Å². The van der Waals surface area contributed by atoms with E-state index in [4.69, 9.17) is 14.2 Å². The highest BCUT2D eigenvalue weighted by atomic mass is 16.9. The zero-order chi connectivity index (χ0) is 20.2. The summed E-state index contributed by atoms with van der Waals surface area (Å²) in [7, 11) is 0. The van der Waals surface area contributed by atoms with Gasteiger partial charge in [0.15, 0.2) is 0 Å². The fourth-order valence-corrected chi connectivity index (χ4v) is 3.15. The van der Waals surface area contributed by atoms with E-state index in [1.807, 2.05) is 0 Å². The molecule has 0 bridgehead atoms. The maximum absolute atomic E-state index is 10.5. The van der Waals surface area contributed by atoms with Crippen molar-refractivity contribution in [2.75, 3.05) is 26.4 Å². The van der Waals surface area contributed by atoms with E-state index in [0.29, 0.717) is 32.8 Å². The molecule has 1 atom stereocenters. The summed E-state index contributed by atoms with van der Waals surface area (Å²) in [6.45, 7) is 10.7. The zero-order valence-electron chi connectivity index (χ0n) is 18.3. The van der Waals surface area contributed by atoms with Crippen molar-refractivity contribution in [3.8, 4) is 0 Å². The van der Waals surface area contributed by atoms with Gasteiger partial charge in [-0.2, -0.15) is 0 Å². The van der Waals surface area contributed by atoms with Gasteiger partial charge in [-0.3, -0.25) is 0 Å². The first-order chi connectivity index (χ1) is 13.2. The molecule has 0 aromatic rings. The van der Waals surface area contributed by atoms with Gasteiger partial charge in [0.1, 0.15) is 0 Å². The quantitative estimate of drug-likeness (QED) is 0.111. The standard InChI is InChI=1S/C22H43NO4/c1-5-9-10-11-12-13-14-21(15-16-23-20-24)22(25-17-6-2,26-18-7-3)27-19-8-4/h21H,5-19H2,1-4H3. The minimum absolute atomic E-state index is 0.0606. The highest BCUT2D eigenvalue weighted by molar-refractivity contribution is 5.32. The zero-order valence-corrected chi connectivity index (χ0v) is 18.3. The number of hydrogen-bond acceptors (Lipinski definition) is 5. The van der Waals surface area contributed by atoms with Gasteiger partial charge in [-0.05, 0) is 32.1 Å². The van der Waals surface area contributed by atoms with Gasteiger partial charge < -0.3 is 14.2 Å². The number of aliphatic imine (C=N–C) groups is 1. The van der Waals surface area contributed by atoms with Crippen LogP contribution in [0, 0.1) is 5.92 Å². The summed E-state index contributed by atoms with van der Waals surface area (Å²) >= 11 is 0.